The first-order valence-electron chi connectivity index (χ1n) is 10.3. The molecule has 4 rings (SSSR count). The van der Waals surface area contributed by atoms with Crippen LogP contribution >= 0.6 is 24.2 Å². The van der Waals surface area contributed by atoms with Gasteiger partial charge in [-0.25, -0.2) is 0 Å². The molecule has 0 spiro atoms. The van der Waals surface area contributed by atoms with Gasteiger partial charge in [0, 0.05) is 25.1 Å². The van der Waals surface area contributed by atoms with Gasteiger partial charge in [0.2, 0.25) is 0 Å². The van der Waals surface area contributed by atoms with Crippen LogP contribution in [0.25, 0.3) is 10.8 Å². The lowest BCUT2D eigenvalue weighted by atomic mass is 10.0. The number of fused-ring (bicyclic) bond motifs is 3. The summed E-state index contributed by atoms with van der Waals surface area (Å²) in [6, 6.07) is 20.4. The summed E-state index contributed by atoms with van der Waals surface area (Å²) >= 11 is 1.71. The number of methoxy groups -OCH3 is 2. The number of rotatable bonds is 6. The minimum Gasteiger partial charge on any atom is -0.497 e. The Kier molecular flexibility index (Phi) is 8.06. The molecular weight excluding hydrogens is 444 g/mol. The van der Waals surface area contributed by atoms with Gasteiger partial charge in [0.1, 0.15) is 5.75 Å². The van der Waals surface area contributed by atoms with E-state index >= 15 is 0 Å². The number of carbonyl (C=O) groups excluding carboxylic acids is 1. The van der Waals surface area contributed by atoms with Crippen LogP contribution in [0.4, 0.5) is 5.69 Å². The molecule has 5 nitrogen and oxygen atoms in total. The summed E-state index contributed by atoms with van der Waals surface area (Å²) in [5, 5.41) is 2.15. The van der Waals surface area contributed by atoms with Crippen molar-refractivity contribution in [3.05, 3.63) is 66.2 Å². The first-order chi connectivity index (χ1) is 15.0. The van der Waals surface area contributed by atoms with Crippen molar-refractivity contribution in [1.82, 2.24) is 4.90 Å². The molecule has 32 heavy (non-hydrogen) atoms. The summed E-state index contributed by atoms with van der Waals surface area (Å²) in [7, 11) is 7.32. The van der Waals surface area contributed by atoms with Gasteiger partial charge in [-0.3, -0.25) is 4.79 Å². The van der Waals surface area contributed by atoms with Gasteiger partial charge >= 0.3 is 0 Å². The lowest BCUT2D eigenvalue weighted by Crippen LogP contribution is -2.44. The molecular formula is C25H29ClN2O3S. The van der Waals surface area contributed by atoms with Gasteiger partial charge in [0.05, 0.1) is 18.0 Å². The Morgan fingerprint density at radius 1 is 1.00 bits per heavy atom. The Balaban J connectivity index is 0.00000289. The van der Waals surface area contributed by atoms with Crippen LogP contribution in [0.3, 0.4) is 0 Å². The van der Waals surface area contributed by atoms with E-state index in [2.05, 4.69) is 35.2 Å². The van der Waals surface area contributed by atoms with Crippen LogP contribution in [-0.2, 0) is 9.53 Å². The molecule has 1 heterocycles. The summed E-state index contributed by atoms with van der Waals surface area (Å²) in [5.41, 5.74) is 1.99. The fourth-order valence-electron chi connectivity index (χ4n) is 3.95. The zero-order valence-electron chi connectivity index (χ0n) is 18.8. The van der Waals surface area contributed by atoms with Crippen molar-refractivity contribution in [1.29, 1.82) is 0 Å². The van der Waals surface area contributed by atoms with Crippen LogP contribution in [0.15, 0.2) is 65.6 Å². The molecule has 3 aromatic rings. The van der Waals surface area contributed by atoms with Gasteiger partial charge in [-0.2, -0.15) is 0 Å². The average Bonchev–Trinajstić information content (AvgIpc) is 2.91. The number of hydrogen-bond donors (Lipinski definition) is 0. The first kappa shape index (κ1) is 24.4. The minimum absolute atomic E-state index is 0. The Labute approximate surface area is 200 Å². The molecule has 0 saturated heterocycles. The number of hydrogen-bond acceptors (Lipinski definition) is 5. The standard InChI is InChI=1S/C25H28N2O3S.ClH/c1-26(2)15-16-27-21-14-11-17-7-5-6-8-20(17)24(21)31-23(22(30-4)25(27)28)18-9-12-19(29-3)13-10-18;/h5-14,22-23H,15-16H2,1-4H3;1H/t22-,23+;/m1./s1. The molecule has 0 aliphatic carbocycles. The van der Waals surface area contributed by atoms with Crippen molar-refractivity contribution in [3.63, 3.8) is 0 Å². The maximum atomic E-state index is 13.7. The Hall–Kier alpha value is -2.25. The zero-order valence-corrected chi connectivity index (χ0v) is 20.4. The predicted octanol–water partition coefficient (Wildman–Crippen LogP) is 5.03. The van der Waals surface area contributed by atoms with Crippen LogP contribution in [-0.4, -0.2) is 58.3 Å². The summed E-state index contributed by atoms with van der Waals surface area (Å²) in [6.45, 7) is 1.37. The normalized spacial score (nSPS) is 18.3. The van der Waals surface area contributed by atoms with Gasteiger partial charge in [0.25, 0.3) is 5.91 Å². The number of anilines is 1. The Morgan fingerprint density at radius 2 is 1.72 bits per heavy atom. The molecule has 0 saturated carbocycles. The predicted molar refractivity (Wildman–Crippen MR) is 134 cm³/mol. The van der Waals surface area contributed by atoms with E-state index in [0.29, 0.717) is 6.54 Å². The van der Waals surface area contributed by atoms with Crippen LogP contribution in [0, 0.1) is 0 Å². The number of amides is 1. The molecule has 0 bridgehead atoms. The van der Waals surface area contributed by atoms with Crippen LogP contribution in [0.5, 0.6) is 5.75 Å². The van der Waals surface area contributed by atoms with Gasteiger partial charge < -0.3 is 19.3 Å². The molecule has 1 aliphatic rings. The van der Waals surface area contributed by atoms with E-state index in [-0.39, 0.29) is 23.6 Å². The van der Waals surface area contributed by atoms with E-state index in [1.807, 2.05) is 49.3 Å². The van der Waals surface area contributed by atoms with Crippen molar-refractivity contribution in [2.24, 2.45) is 0 Å². The lowest BCUT2D eigenvalue weighted by molar-refractivity contribution is -0.128. The van der Waals surface area contributed by atoms with E-state index in [4.69, 9.17) is 9.47 Å². The van der Waals surface area contributed by atoms with Gasteiger partial charge in [-0.05, 0) is 48.6 Å². The summed E-state index contributed by atoms with van der Waals surface area (Å²) in [6.07, 6.45) is -0.591. The van der Waals surface area contributed by atoms with E-state index in [9.17, 15) is 4.79 Å². The highest BCUT2D eigenvalue weighted by Crippen LogP contribution is 2.49. The summed E-state index contributed by atoms with van der Waals surface area (Å²) in [5.74, 6) is 0.785. The number of carbonyl (C=O) groups is 1. The molecule has 0 radical (unpaired) electrons. The average molecular weight is 473 g/mol. The number of halogens is 1. The highest BCUT2D eigenvalue weighted by atomic mass is 35.5. The molecule has 3 aromatic carbocycles. The summed E-state index contributed by atoms with van der Waals surface area (Å²) in [4.78, 5) is 18.8. The SMILES string of the molecule is COc1ccc([C@@H]2Sc3c(ccc4ccccc34)N(CCN(C)C)C(=O)[C@@H]2OC)cc1.Cl. The van der Waals surface area contributed by atoms with Crippen LogP contribution < -0.4 is 9.64 Å². The van der Waals surface area contributed by atoms with Crippen molar-refractivity contribution in [2.45, 2.75) is 16.2 Å². The largest absolute Gasteiger partial charge is 0.497 e. The molecule has 170 valence electrons. The van der Waals surface area contributed by atoms with E-state index in [1.54, 1.807) is 26.0 Å². The monoisotopic (exact) mass is 472 g/mol. The van der Waals surface area contributed by atoms with E-state index in [1.165, 1.54) is 0 Å². The maximum absolute atomic E-state index is 13.7. The van der Waals surface area contributed by atoms with Gasteiger partial charge in [-0.15, -0.1) is 24.2 Å². The molecule has 7 heteroatoms. The molecule has 2 atom stereocenters. The highest BCUT2D eigenvalue weighted by Gasteiger charge is 2.39. The quantitative estimate of drug-likeness (QED) is 0.503. The first-order valence-corrected chi connectivity index (χ1v) is 11.2. The van der Waals surface area contributed by atoms with E-state index in [0.717, 1.165) is 39.2 Å². The third-order valence-electron chi connectivity index (χ3n) is 5.65. The lowest BCUT2D eigenvalue weighted by Gasteiger charge is -2.28. The number of ether oxygens (including phenoxy) is 2. The van der Waals surface area contributed by atoms with Crippen molar-refractivity contribution in [2.75, 3.05) is 46.3 Å². The Bertz CT molecular complexity index is 1070. The van der Waals surface area contributed by atoms with Crippen LogP contribution in [0.2, 0.25) is 0 Å². The summed E-state index contributed by atoms with van der Waals surface area (Å²) < 4.78 is 11.2. The molecule has 0 unspecified atom stereocenters. The minimum atomic E-state index is -0.591. The third kappa shape index (κ3) is 4.74. The molecule has 0 fully saturated rings. The van der Waals surface area contributed by atoms with Gasteiger partial charge in [-0.1, -0.05) is 42.5 Å². The Morgan fingerprint density at radius 3 is 2.38 bits per heavy atom. The smallest absolute Gasteiger partial charge is 0.257 e. The topological polar surface area (TPSA) is 42.0 Å². The molecule has 0 N–H and O–H groups in total. The number of likely N-dealkylation sites (N-methyl/N-ethyl adjacent to an activating group) is 1. The maximum Gasteiger partial charge on any atom is 0.257 e. The second-order valence-corrected chi connectivity index (χ2v) is 9.05. The van der Waals surface area contributed by atoms with E-state index < -0.39 is 6.10 Å². The molecule has 0 aromatic heterocycles. The second kappa shape index (κ2) is 10.6. The van der Waals surface area contributed by atoms with Crippen LogP contribution in [0.1, 0.15) is 10.8 Å². The highest BCUT2D eigenvalue weighted by molar-refractivity contribution is 8.00. The third-order valence-corrected chi connectivity index (χ3v) is 7.09. The fraction of sp³-hybridized carbons (Fsp3) is 0.320. The molecule has 1 amide bonds. The van der Waals surface area contributed by atoms with Gasteiger partial charge in [0.15, 0.2) is 6.10 Å². The van der Waals surface area contributed by atoms with Crippen molar-refractivity contribution in [3.8, 4) is 5.75 Å². The number of benzene rings is 3. The molecule has 1 aliphatic heterocycles. The van der Waals surface area contributed by atoms with Crippen molar-refractivity contribution >= 4 is 46.5 Å². The van der Waals surface area contributed by atoms with Crippen molar-refractivity contribution < 1.29 is 14.3 Å². The fourth-order valence-corrected chi connectivity index (χ4v) is 5.46. The second-order valence-electron chi connectivity index (χ2n) is 7.90. The zero-order chi connectivity index (χ0) is 22.0. The number of nitrogens with zero attached hydrogens (tertiary/aromatic N) is 2. The number of thioether (sulfide) groups is 1.